The van der Waals surface area contributed by atoms with E-state index in [2.05, 4.69) is 4.90 Å². The number of rotatable bonds is 9. The number of nitrogens with zero attached hydrogens (tertiary/aromatic N) is 1. The second kappa shape index (κ2) is 10.8. The van der Waals surface area contributed by atoms with Gasteiger partial charge >= 0.3 is 0 Å². The van der Waals surface area contributed by atoms with E-state index in [0.29, 0.717) is 34.3 Å². The average molecular weight is 452 g/mol. The molecule has 1 saturated heterocycles. The summed E-state index contributed by atoms with van der Waals surface area (Å²) in [6.45, 7) is 2.82. The number of fused-ring (bicyclic) bond motifs is 1. The molecule has 33 heavy (non-hydrogen) atoms. The highest BCUT2D eigenvalue weighted by Crippen LogP contribution is 2.23. The van der Waals surface area contributed by atoms with Crippen LogP contribution in [0, 0.1) is 11.7 Å². The number of aryl methyl sites for hydroxylation is 1. The van der Waals surface area contributed by atoms with Crippen molar-refractivity contribution in [1.29, 1.82) is 0 Å². The monoisotopic (exact) mass is 451 g/mol. The lowest BCUT2D eigenvalue weighted by molar-refractivity contribution is 0.0839. The molecule has 0 spiro atoms. The first-order chi connectivity index (χ1) is 16.0. The summed E-state index contributed by atoms with van der Waals surface area (Å²) >= 11 is 0. The number of hydrogen-bond acceptors (Lipinski definition) is 5. The molecule has 0 bridgehead atoms. The quantitative estimate of drug-likeness (QED) is 0.329. The molecule has 4 rings (SSSR count). The third-order valence-corrected chi connectivity index (χ3v) is 6.56. The summed E-state index contributed by atoms with van der Waals surface area (Å²) in [5.41, 5.74) is 1.90. The van der Waals surface area contributed by atoms with Crippen molar-refractivity contribution in [2.45, 2.75) is 38.5 Å². The molecule has 1 aliphatic heterocycles. The van der Waals surface area contributed by atoms with Gasteiger partial charge in [0.05, 0.1) is 18.8 Å². The Kier molecular flexibility index (Phi) is 7.55. The van der Waals surface area contributed by atoms with E-state index in [4.69, 9.17) is 9.15 Å². The Morgan fingerprint density at radius 1 is 1.09 bits per heavy atom. The maximum atomic E-state index is 13.1. The van der Waals surface area contributed by atoms with Crippen LogP contribution < -0.4 is 10.2 Å². The standard InChI is InChI=1S/C27H30FNO4/c1-32-23-10-11-25-24(17-23)27(31)21(18-33-25)5-3-2-4-14-29-15-12-20(13-16-29)26(30)19-6-8-22(28)9-7-19/h6-11,17-18,20H,2-5,12-16H2,1H3. The number of benzene rings is 2. The van der Waals surface area contributed by atoms with Gasteiger partial charge in [0.25, 0.3) is 0 Å². The largest absolute Gasteiger partial charge is 0.497 e. The van der Waals surface area contributed by atoms with E-state index in [1.54, 1.807) is 43.7 Å². The number of piperidine rings is 1. The predicted molar refractivity (Wildman–Crippen MR) is 126 cm³/mol. The molecule has 0 aliphatic carbocycles. The van der Waals surface area contributed by atoms with Crippen LogP contribution in [0.3, 0.4) is 0 Å². The van der Waals surface area contributed by atoms with Gasteiger partial charge in [-0.05, 0) is 94.2 Å². The van der Waals surface area contributed by atoms with Crippen LogP contribution in [0.15, 0.2) is 57.9 Å². The summed E-state index contributed by atoms with van der Waals surface area (Å²) in [7, 11) is 1.58. The summed E-state index contributed by atoms with van der Waals surface area (Å²) in [6, 6.07) is 11.1. The average Bonchev–Trinajstić information content (AvgIpc) is 2.85. The topological polar surface area (TPSA) is 59.8 Å². The molecule has 1 aliphatic rings. The Morgan fingerprint density at radius 3 is 2.58 bits per heavy atom. The second-order valence-corrected chi connectivity index (χ2v) is 8.75. The van der Waals surface area contributed by atoms with Crippen molar-refractivity contribution in [2.24, 2.45) is 5.92 Å². The third kappa shape index (κ3) is 5.69. The molecule has 1 aromatic heterocycles. The van der Waals surface area contributed by atoms with Crippen molar-refractivity contribution in [3.63, 3.8) is 0 Å². The third-order valence-electron chi connectivity index (χ3n) is 6.56. The van der Waals surface area contributed by atoms with Crippen LogP contribution in [0.5, 0.6) is 5.75 Å². The Bertz CT molecular complexity index is 1150. The van der Waals surface area contributed by atoms with Gasteiger partial charge in [-0.3, -0.25) is 9.59 Å². The zero-order valence-electron chi connectivity index (χ0n) is 19.0. The van der Waals surface area contributed by atoms with Gasteiger partial charge in [0.1, 0.15) is 17.1 Å². The highest BCUT2D eigenvalue weighted by atomic mass is 19.1. The number of hydrogen-bond donors (Lipinski definition) is 0. The van der Waals surface area contributed by atoms with E-state index in [1.165, 1.54) is 12.1 Å². The SMILES string of the molecule is COc1ccc2occ(CCCCCN3CCC(C(=O)c4ccc(F)cc4)CC3)c(=O)c2c1. The number of carbonyl (C=O) groups is 1. The molecule has 5 nitrogen and oxygen atoms in total. The molecular weight excluding hydrogens is 421 g/mol. The number of ether oxygens (including phenoxy) is 1. The minimum atomic E-state index is -0.317. The molecule has 6 heteroatoms. The van der Waals surface area contributed by atoms with Gasteiger partial charge in [-0.2, -0.15) is 0 Å². The van der Waals surface area contributed by atoms with Crippen LogP contribution in [0.25, 0.3) is 11.0 Å². The van der Waals surface area contributed by atoms with Crippen molar-refractivity contribution >= 4 is 16.8 Å². The van der Waals surface area contributed by atoms with Crippen molar-refractivity contribution in [3.8, 4) is 5.75 Å². The van der Waals surface area contributed by atoms with Gasteiger partial charge < -0.3 is 14.1 Å². The second-order valence-electron chi connectivity index (χ2n) is 8.75. The minimum Gasteiger partial charge on any atom is -0.497 e. The summed E-state index contributed by atoms with van der Waals surface area (Å²) in [5.74, 6) is 0.483. The highest BCUT2D eigenvalue weighted by Gasteiger charge is 2.25. The molecule has 0 amide bonds. The zero-order valence-corrected chi connectivity index (χ0v) is 19.0. The normalized spacial score (nSPS) is 15.1. The van der Waals surface area contributed by atoms with Crippen molar-refractivity contribution in [2.75, 3.05) is 26.7 Å². The first-order valence-electron chi connectivity index (χ1n) is 11.7. The van der Waals surface area contributed by atoms with E-state index < -0.39 is 0 Å². The highest BCUT2D eigenvalue weighted by molar-refractivity contribution is 5.97. The van der Waals surface area contributed by atoms with Gasteiger partial charge in [0, 0.05) is 17.0 Å². The van der Waals surface area contributed by atoms with E-state index in [0.717, 1.165) is 51.7 Å². The lowest BCUT2D eigenvalue weighted by atomic mass is 9.89. The fourth-order valence-electron chi connectivity index (χ4n) is 4.55. The maximum absolute atomic E-state index is 13.1. The molecule has 2 aromatic carbocycles. The van der Waals surface area contributed by atoms with E-state index in [-0.39, 0.29) is 22.9 Å². The van der Waals surface area contributed by atoms with Crippen LogP contribution in [0.2, 0.25) is 0 Å². The van der Waals surface area contributed by atoms with Crippen molar-refractivity contribution in [3.05, 3.63) is 75.9 Å². The fourth-order valence-corrected chi connectivity index (χ4v) is 4.55. The molecule has 174 valence electrons. The number of methoxy groups -OCH3 is 1. The smallest absolute Gasteiger partial charge is 0.195 e. The lowest BCUT2D eigenvalue weighted by Gasteiger charge is -2.31. The summed E-state index contributed by atoms with van der Waals surface area (Å²) in [6.07, 6.45) is 6.99. The van der Waals surface area contributed by atoms with Gasteiger partial charge in [-0.1, -0.05) is 6.42 Å². The van der Waals surface area contributed by atoms with Gasteiger partial charge in [0.15, 0.2) is 11.2 Å². The predicted octanol–water partition coefficient (Wildman–Crippen LogP) is 5.25. The summed E-state index contributed by atoms with van der Waals surface area (Å²) in [4.78, 5) is 27.8. The Balaban J connectivity index is 1.19. The van der Waals surface area contributed by atoms with Gasteiger partial charge in [-0.25, -0.2) is 4.39 Å². The van der Waals surface area contributed by atoms with Crippen LogP contribution in [0.4, 0.5) is 4.39 Å². The van der Waals surface area contributed by atoms with E-state index >= 15 is 0 Å². The van der Waals surface area contributed by atoms with Crippen LogP contribution >= 0.6 is 0 Å². The molecule has 0 atom stereocenters. The number of ketones is 1. The molecule has 0 saturated carbocycles. The summed E-state index contributed by atoms with van der Waals surface area (Å²) < 4.78 is 23.9. The summed E-state index contributed by atoms with van der Waals surface area (Å²) in [5, 5.41) is 0.560. The zero-order chi connectivity index (χ0) is 23.2. The minimum absolute atomic E-state index is 0.0167. The van der Waals surface area contributed by atoms with E-state index in [1.807, 2.05) is 0 Å². The van der Waals surface area contributed by atoms with Crippen molar-refractivity contribution in [1.82, 2.24) is 4.90 Å². The number of unbranched alkanes of at least 4 members (excludes halogenated alkanes) is 2. The molecule has 1 fully saturated rings. The molecule has 0 unspecified atom stereocenters. The fraction of sp³-hybridized carbons (Fsp3) is 0.407. The van der Waals surface area contributed by atoms with E-state index in [9.17, 15) is 14.0 Å². The molecular formula is C27H30FNO4. The van der Waals surface area contributed by atoms with Gasteiger partial charge in [-0.15, -0.1) is 0 Å². The molecule has 2 heterocycles. The Labute approximate surface area is 193 Å². The Morgan fingerprint density at radius 2 is 1.85 bits per heavy atom. The first kappa shape index (κ1) is 23.2. The van der Waals surface area contributed by atoms with Crippen LogP contribution in [-0.4, -0.2) is 37.4 Å². The number of Topliss-reactive ketones (excluding diaryl/α,β-unsaturated/α-hetero) is 1. The number of likely N-dealkylation sites (tertiary alicyclic amines) is 1. The molecule has 3 aromatic rings. The maximum Gasteiger partial charge on any atom is 0.195 e. The van der Waals surface area contributed by atoms with Crippen LogP contribution in [-0.2, 0) is 6.42 Å². The molecule has 0 N–H and O–H groups in total. The molecule has 0 radical (unpaired) electrons. The number of carbonyl (C=O) groups excluding carboxylic acids is 1. The first-order valence-corrected chi connectivity index (χ1v) is 11.7. The van der Waals surface area contributed by atoms with Gasteiger partial charge in [0.2, 0.25) is 0 Å². The van der Waals surface area contributed by atoms with Crippen LogP contribution in [0.1, 0.15) is 48.0 Å². The lowest BCUT2D eigenvalue weighted by Crippen LogP contribution is -2.36. The van der Waals surface area contributed by atoms with Crippen molar-refractivity contribution < 1.29 is 18.3 Å². The number of halogens is 1. The Hall–Kier alpha value is -2.99.